The zero-order chi connectivity index (χ0) is 13.0. The van der Waals surface area contributed by atoms with Crippen molar-refractivity contribution >= 4 is 5.78 Å². The Kier molecular flexibility index (Phi) is 4.38. The van der Waals surface area contributed by atoms with E-state index in [-0.39, 0.29) is 17.9 Å². The van der Waals surface area contributed by atoms with E-state index < -0.39 is 11.6 Å². The van der Waals surface area contributed by atoms with Crippen molar-refractivity contribution in [3.05, 3.63) is 35.4 Å². The normalized spacial score (nSPS) is 17.4. The van der Waals surface area contributed by atoms with E-state index >= 15 is 0 Å². The van der Waals surface area contributed by atoms with Gasteiger partial charge in [0.25, 0.3) is 0 Å². The molecule has 0 spiro atoms. The molecule has 0 amide bonds. The molecule has 3 nitrogen and oxygen atoms in total. The maximum Gasteiger partial charge on any atom is 0.179 e. The lowest BCUT2D eigenvalue weighted by Crippen LogP contribution is -2.33. The van der Waals surface area contributed by atoms with Gasteiger partial charge >= 0.3 is 0 Å². The van der Waals surface area contributed by atoms with Gasteiger partial charge < -0.3 is 5.32 Å². The molecule has 1 fully saturated rings. The van der Waals surface area contributed by atoms with E-state index in [1.165, 1.54) is 6.07 Å². The van der Waals surface area contributed by atoms with Crippen molar-refractivity contribution in [3.63, 3.8) is 0 Å². The predicted octanol–water partition coefficient (Wildman–Crippen LogP) is 1.44. The Labute approximate surface area is 105 Å². The largest absolute Gasteiger partial charge is 0.315 e. The Bertz CT molecular complexity index is 429. The Hall–Kier alpha value is -1.33. The molecule has 0 atom stereocenters. The number of halogens is 2. The van der Waals surface area contributed by atoms with Crippen LogP contribution in [0.3, 0.4) is 0 Å². The molecule has 0 bridgehead atoms. The molecule has 5 heteroatoms. The fourth-order valence-electron chi connectivity index (χ4n) is 2.06. The number of nitrogens with zero attached hydrogens (tertiary/aromatic N) is 1. The standard InChI is InChI=1S/C13H16F2N2O/c14-10-2-3-11(12(15)8-10)13(18)9-17-6-1-4-16-5-7-17/h2-3,8,16H,1,4-7,9H2. The molecule has 0 aliphatic carbocycles. The van der Waals surface area contributed by atoms with Crippen LogP contribution < -0.4 is 5.32 Å². The van der Waals surface area contributed by atoms with E-state index in [0.29, 0.717) is 0 Å². The molecule has 1 aromatic rings. The smallest absolute Gasteiger partial charge is 0.179 e. The number of hydrogen-bond donors (Lipinski definition) is 1. The molecule has 1 N–H and O–H groups in total. The molecule has 1 heterocycles. The molecule has 0 saturated carbocycles. The van der Waals surface area contributed by atoms with Crippen molar-refractivity contribution in [1.29, 1.82) is 0 Å². The van der Waals surface area contributed by atoms with Crippen LogP contribution in [0, 0.1) is 11.6 Å². The second-order valence-corrected chi connectivity index (χ2v) is 4.43. The number of benzene rings is 1. The van der Waals surface area contributed by atoms with Gasteiger partial charge in [0.15, 0.2) is 5.78 Å². The van der Waals surface area contributed by atoms with Crippen molar-refractivity contribution in [3.8, 4) is 0 Å². The van der Waals surface area contributed by atoms with E-state index in [2.05, 4.69) is 5.32 Å². The van der Waals surface area contributed by atoms with Crippen LogP contribution >= 0.6 is 0 Å². The molecule has 1 aliphatic rings. The summed E-state index contributed by atoms with van der Waals surface area (Å²) in [6.45, 7) is 3.55. The average molecular weight is 254 g/mol. The van der Waals surface area contributed by atoms with Crippen molar-refractivity contribution < 1.29 is 13.6 Å². The third-order valence-electron chi connectivity index (χ3n) is 3.03. The van der Waals surface area contributed by atoms with Gasteiger partial charge in [0, 0.05) is 19.2 Å². The number of Topliss-reactive ketones (excluding diaryl/α,β-unsaturated/α-hetero) is 1. The van der Waals surface area contributed by atoms with E-state index in [0.717, 1.165) is 44.7 Å². The first-order chi connectivity index (χ1) is 8.66. The lowest BCUT2D eigenvalue weighted by atomic mass is 10.1. The minimum Gasteiger partial charge on any atom is -0.315 e. The van der Waals surface area contributed by atoms with Crippen LogP contribution in [0.5, 0.6) is 0 Å². The SMILES string of the molecule is O=C(CN1CCCNCC1)c1ccc(F)cc1F. The van der Waals surface area contributed by atoms with Gasteiger partial charge in [-0.2, -0.15) is 0 Å². The van der Waals surface area contributed by atoms with Crippen molar-refractivity contribution in [2.24, 2.45) is 0 Å². The van der Waals surface area contributed by atoms with E-state index in [9.17, 15) is 13.6 Å². The van der Waals surface area contributed by atoms with E-state index in [1.54, 1.807) is 0 Å². The monoisotopic (exact) mass is 254 g/mol. The summed E-state index contributed by atoms with van der Waals surface area (Å²) in [5.41, 5.74) is -0.0337. The number of ketones is 1. The van der Waals surface area contributed by atoms with E-state index in [4.69, 9.17) is 0 Å². The first kappa shape index (κ1) is 13.1. The quantitative estimate of drug-likeness (QED) is 0.828. The van der Waals surface area contributed by atoms with Crippen LogP contribution in [0.2, 0.25) is 0 Å². The van der Waals surface area contributed by atoms with Gasteiger partial charge in [0.05, 0.1) is 12.1 Å². The molecule has 98 valence electrons. The Morgan fingerprint density at radius 2 is 2.11 bits per heavy atom. The van der Waals surface area contributed by atoms with Crippen LogP contribution in [0.1, 0.15) is 16.8 Å². The van der Waals surface area contributed by atoms with Crippen molar-refractivity contribution in [1.82, 2.24) is 10.2 Å². The van der Waals surface area contributed by atoms with Gasteiger partial charge in [0.2, 0.25) is 0 Å². The van der Waals surface area contributed by atoms with Crippen molar-refractivity contribution in [2.75, 3.05) is 32.7 Å². The van der Waals surface area contributed by atoms with Gasteiger partial charge in [-0.05, 0) is 31.6 Å². The maximum absolute atomic E-state index is 13.4. The predicted molar refractivity (Wildman–Crippen MR) is 64.6 cm³/mol. The molecular formula is C13H16F2N2O. The summed E-state index contributed by atoms with van der Waals surface area (Å²) in [4.78, 5) is 13.9. The summed E-state index contributed by atoms with van der Waals surface area (Å²) in [7, 11) is 0. The summed E-state index contributed by atoms with van der Waals surface area (Å²) in [5.74, 6) is -1.75. The zero-order valence-corrected chi connectivity index (χ0v) is 10.1. The summed E-state index contributed by atoms with van der Waals surface area (Å²) in [6.07, 6.45) is 0.971. The second-order valence-electron chi connectivity index (χ2n) is 4.43. The summed E-state index contributed by atoms with van der Waals surface area (Å²) < 4.78 is 26.2. The Balaban J connectivity index is 2.02. The third-order valence-corrected chi connectivity index (χ3v) is 3.03. The fraction of sp³-hybridized carbons (Fsp3) is 0.462. The highest BCUT2D eigenvalue weighted by Gasteiger charge is 2.17. The van der Waals surface area contributed by atoms with Gasteiger partial charge in [-0.15, -0.1) is 0 Å². The lowest BCUT2D eigenvalue weighted by molar-refractivity contribution is 0.0931. The first-order valence-electron chi connectivity index (χ1n) is 6.08. The van der Waals surface area contributed by atoms with Gasteiger partial charge in [-0.25, -0.2) is 8.78 Å². The number of carbonyl (C=O) groups excluding carboxylic acids is 1. The van der Waals surface area contributed by atoms with E-state index in [1.807, 2.05) is 4.90 Å². The molecule has 2 rings (SSSR count). The minimum atomic E-state index is -0.784. The number of rotatable bonds is 3. The molecule has 1 aromatic carbocycles. The van der Waals surface area contributed by atoms with Gasteiger partial charge in [-0.1, -0.05) is 0 Å². The lowest BCUT2D eigenvalue weighted by Gasteiger charge is -2.18. The average Bonchev–Trinajstić information content (AvgIpc) is 2.57. The second kappa shape index (κ2) is 6.02. The third kappa shape index (κ3) is 3.34. The zero-order valence-electron chi connectivity index (χ0n) is 10.1. The van der Waals surface area contributed by atoms with Crippen LogP contribution in [0.25, 0.3) is 0 Å². The molecule has 0 unspecified atom stereocenters. The minimum absolute atomic E-state index is 0.0337. The van der Waals surface area contributed by atoms with Crippen LogP contribution in [-0.2, 0) is 0 Å². The molecule has 0 radical (unpaired) electrons. The molecule has 1 aliphatic heterocycles. The molecule has 1 saturated heterocycles. The number of carbonyl (C=O) groups is 1. The summed E-state index contributed by atoms with van der Waals surface area (Å²) >= 11 is 0. The summed E-state index contributed by atoms with van der Waals surface area (Å²) in [6, 6.07) is 3.07. The number of hydrogen-bond acceptors (Lipinski definition) is 3. The van der Waals surface area contributed by atoms with Gasteiger partial charge in [0.1, 0.15) is 11.6 Å². The highest BCUT2D eigenvalue weighted by molar-refractivity contribution is 5.97. The maximum atomic E-state index is 13.4. The van der Waals surface area contributed by atoms with Crippen LogP contribution in [0.4, 0.5) is 8.78 Å². The van der Waals surface area contributed by atoms with Crippen molar-refractivity contribution in [2.45, 2.75) is 6.42 Å². The topological polar surface area (TPSA) is 32.3 Å². The van der Waals surface area contributed by atoms with Gasteiger partial charge in [-0.3, -0.25) is 9.69 Å². The van der Waals surface area contributed by atoms with Crippen LogP contribution in [0.15, 0.2) is 18.2 Å². The Morgan fingerprint density at radius 1 is 1.28 bits per heavy atom. The highest BCUT2D eigenvalue weighted by atomic mass is 19.1. The molecular weight excluding hydrogens is 238 g/mol. The molecule has 18 heavy (non-hydrogen) atoms. The fourth-order valence-corrected chi connectivity index (χ4v) is 2.06. The molecule has 0 aromatic heterocycles. The van der Waals surface area contributed by atoms with Crippen LogP contribution in [-0.4, -0.2) is 43.4 Å². The number of nitrogens with one attached hydrogen (secondary N) is 1. The Morgan fingerprint density at radius 3 is 2.89 bits per heavy atom. The first-order valence-corrected chi connectivity index (χ1v) is 6.08. The summed E-state index contributed by atoms with van der Waals surface area (Å²) in [5, 5.41) is 3.23. The highest BCUT2D eigenvalue weighted by Crippen LogP contribution is 2.11.